The topological polar surface area (TPSA) is 65.0 Å². The Morgan fingerprint density at radius 1 is 0.957 bits per heavy atom. The molecule has 23 heavy (non-hydrogen) atoms. The van der Waals surface area contributed by atoms with Crippen LogP contribution < -0.4 is 9.47 Å². The number of hydrogen-bond donors (Lipinski definition) is 0. The molecule has 6 heteroatoms. The molecule has 0 spiro atoms. The third-order valence-corrected chi connectivity index (χ3v) is 4.97. The highest BCUT2D eigenvalue weighted by molar-refractivity contribution is 7.94. The second-order valence-corrected chi connectivity index (χ2v) is 6.68. The number of aliphatic imine (C=N–C) groups is 1. The first-order valence-electron chi connectivity index (χ1n) is 6.88. The predicted molar refractivity (Wildman–Crippen MR) is 88.0 cm³/mol. The Balaban J connectivity index is 2.33. The zero-order valence-electron chi connectivity index (χ0n) is 12.7. The van der Waals surface area contributed by atoms with Crippen molar-refractivity contribution in [2.75, 3.05) is 14.2 Å². The summed E-state index contributed by atoms with van der Waals surface area (Å²) in [6, 6.07) is 12.5. The minimum absolute atomic E-state index is 0.145. The Kier molecular flexibility index (Phi) is 3.92. The first-order valence-corrected chi connectivity index (χ1v) is 8.42. The largest absolute Gasteiger partial charge is 0.493 e. The van der Waals surface area contributed by atoms with Gasteiger partial charge in [0.25, 0.3) is 0 Å². The quantitative estimate of drug-likeness (QED) is 0.868. The number of rotatable bonds is 3. The van der Waals surface area contributed by atoms with Gasteiger partial charge in [0.05, 0.1) is 30.2 Å². The molecule has 1 aliphatic rings. The fourth-order valence-electron chi connectivity index (χ4n) is 2.43. The van der Waals surface area contributed by atoms with Crippen LogP contribution in [0.15, 0.2) is 64.0 Å². The van der Waals surface area contributed by atoms with Gasteiger partial charge in [0.15, 0.2) is 11.5 Å². The molecule has 0 saturated carbocycles. The first kappa shape index (κ1) is 15.3. The van der Waals surface area contributed by atoms with Crippen molar-refractivity contribution in [1.82, 2.24) is 0 Å². The molecule has 0 saturated heterocycles. The Labute approximate surface area is 134 Å². The van der Waals surface area contributed by atoms with Gasteiger partial charge in [-0.3, -0.25) is 4.99 Å². The fourth-order valence-corrected chi connectivity index (χ4v) is 3.54. The second-order valence-electron chi connectivity index (χ2n) is 4.88. The van der Waals surface area contributed by atoms with Crippen molar-refractivity contribution in [3.05, 3.63) is 65.2 Å². The lowest BCUT2D eigenvalue weighted by molar-refractivity contribution is 0.354. The Morgan fingerprint density at radius 2 is 1.61 bits per heavy atom. The van der Waals surface area contributed by atoms with Gasteiger partial charge in [-0.2, -0.15) is 0 Å². The highest BCUT2D eigenvalue weighted by Crippen LogP contribution is 2.35. The van der Waals surface area contributed by atoms with Gasteiger partial charge in [0.1, 0.15) is 0 Å². The number of fused-ring (bicyclic) bond motifs is 1. The van der Waals surface area contributed by atoms with E-state index in [0.717, 1.165) is 11.0 Å². The van der Waals surface area contributed by atoms with Gasteiger partial charge in [-0.05, 0) is 6.07 Å². The average Bonchev–Trinajstić information content (AvgIpc) is 2.70. The molecule has 0 amide bonds. The molecule has 0 atom stereocenters. The van der Waals surface area contributed by atoms with Crippen LogP contribution in [0, 0.1) is 0 Å². The predicted octanol–water partition coefficient (Wildman–Crippen LogP) is 2.80. The first-order chi connectivity index (χ1) is 11.1. The van der Waals surface area contributed by atoms with E-state index in [1.165, 1.54) is 26.5 Å². The highest BCUT2D eigenvalue weighted by atomic mass is 32.2. The maximum Gasteiger partial charge on any atom is 0.202 e. The lowest BCUT2D eigenvalue weighted by Gasteiger charge is -2.14. The van der Waals surface area contributed by atoms with Gasteiger partial charge in [0.2, 0.25) is 9.84 Å². The molecule has 118 valence electrons. The molecule has 0 N–H and O–H groups in total. The summed E-state index contributed by atoms with van der Waals surface area (Å²) in [5.41, 5.74) is 1.88. The fraction of sp³-hybridized carbons (Fsp3) is 0.118. The van der Waals surface area contributed by atoms with Crippen LogP contribution in [0.25, 0.3) is 0 Å². The zero-order valence-corrected chi connectivity index (χ0v) is 13.5. The summed E-state index contributed by atoms with van der Waals surface area (Å²) in [6.07, 6.45) is 1.30. The van der Waals surface area contributed by atoms with Crippen LogP contribution in [-0.4, -0.2) is 28.3 Å². The minimum Gasteiger partial charge on any atom is -0.493 e. The Bertz CT molecular complexity index is 900. The van der Waals surface area contributed by atoms with E-state index in [1.54, 1.807) is 6.07 Å². The van der Waals surface area contributed by atoms with Gasteiger partial charge < -0.3 is 9.47 Å². The Hall–Kier alpha value is -2.60. The smallest absolute Gasteiger partial charge is 0.202 e. The molecule has 5 nitrogen and oxygen atoms in total. The van der Waals surface area contributed by atoms with E-state index < -0.39 is 9.84 Å². The van der Waals surface area contributed by atoms with E-state index in [9.17, 15) is 8.42 Å². The second kappa shape index (κ2) is 5.89. The summed E-state index contributed by atoms with van der Waals surface area (Å²) in [5, 5.41) is 1.09. The van der Waals surface area contributed by atoms with Crippen LogP contribution in [0.5, 0.6) is 11.5 Å². The van der Waals surface area contributed by atoms with Crippen molar-refractivity contribution in [1.29, 1.82) is 0 Å². The summed E-state index contributed by atoms with van der Waals surface area (Å²) in [4.78, 5) is 4.47. The van der Waals surface area contributed by atoms with E-state index in [4.69, 9.17) is 9.47 Å². The van der Waals surface area contributed by atoms with Crippen molar-refractivity contribution < 1.29 is 17.9 Å². The number of methoxy groups -OCH3 is 2. The molecule has 1 heterocycles. The molecule has 0 aliphatic carbocycles. The van der Waals surface area contributed by atoms with Gasteiger partial charge in [-0.25, -0.2) is 8.42 Å². The van der Waals surface area contributed by atoms with Crippen molar-refractivity contribution >= 4 is 15.5 Å². The number of sulfone groups is 1. The standard InChI is InChI=1S/C17H15NO4S/c1-21-14-10-13-16(11-15(14)22-2)23(19,20)9-8-18-17(13)12-6-4-3-5-7-12/h3-11H,1-2H3. The van der Waals surface area contributed by atoms with Crippen LogP contribution in [0.3, 0.4) is 0 Å². The van der Waals surface area contributed by atoms with Crippen LogP contribution in [0.2, 0.25) is 0 Å². The van der Waals surface area contributed by atoms with Gasteiger partial charge >= 0.3 is 0 Å². The molecule has 0 aromatic heterocycles. The SMILES string of the molecule is COc1cc2c(cc1OC)S(=O)(=O)C=CN=C2c1ccccc1. The summed E-state index contributed by atoms with van der Waals surface area (Å²) in [7, 11) is -0.633. The van der Waals surface area contributed by atoms with Crippen molar-refractivity contribution in [3.63, 3.8) is 0 Å². The van der Waals surface area contributed by atoms with Crippen LogP contribution in [0.4, 0.5) is 0 Å². The molecule has 0 radical (unpaired) electrons. The van der Waals surface area contributed by atoms with Gasteiger partial charge in [-0.1, -0.05) is 30.3 Å². The number of ether oxygens (including phenoxy) is 2. The molecule has 2 aromatic carbocycles. The average molecular weight is 329 g/mol. The Morgan fingerprint density at radius 3 is 2.26 bits per heavy atom. The maximum atomic E-state index is 12.5. The van der Waals surface area contributed by atoms with Crippen LogP contribution >= 0.6 is 0 Å². The summed E-state index contributed by atoms with van der Waals surface area (Å²) < 4.78 is 35.5. The number of hydrogen-bond acceptors (Lipinski definition) is 5. The zero-order chi connectivity index (χ0) is 16.4. The molecule has 2 aromatic rings. The lowest BCUT2D eigenvalue weighted by atomic mass is 10.0. The molecular formula is C17H15NO4S. The lowest BCUT2D eigenvalue weighted by Crippen LogP contribution is -2.09. The van der Waals surface area contributed by atoms with Crippen molar-refractivity contribution in [3.8, 4) is 11.5 Å². The number of nitrogens with zero attached hydrogens (tertiary/aromatic N) is 1. The van der Waals surface area contributed by atoms with Crippen molar-refractivity contribution in [2.24, 2.45) is 4.99 Å². The van der Waals surface area contributed by atoms with Crippen LogP contribution in [0.1, 0.15) is 11.1 Å². The molecular weight excluding hydrogens is 314 g/mol. The highest BCUT2D eigenvalue weighted by Gasteiger charge is 2.25. The normalized spacial score (nSPS) is 15.3. The molecule has 0 fully saturated rings. The van der Waals surface area contributed by atoms with E-state index in [2.05, 4.69) is 4.99 Å². The minimum atomic E-state index is -3.61. The molecule has 0 bridgehead atoms. The van der Waals surface area contributed by atoms with E-state index in [-0.39, 0.29) is 4.90 Å². The summed E-state index contributed by atoms with van der Waals surface area (Å²) in [5.74, 6) is 0.810. The van der Waals surface area contributed by atoms with E-state index >= 15 is 0 Å². The maximum absolute atomic E-state index is 12.5. The number of benzene rings is 2. The van der Waals surface area contributed by atoms with Crippen molar-refractivity contribution in [2.45, 2.75) is 4.90 Å². The molecule has 3 rings (SSSR count). The van der Waals surface area contributed by atoms with E-state index in [1.807, 2.05) is 30.3 Å². The summed E-state index contributed by atoms with van der Waals surface area (Å²) in [6.45, 7) is 0. The molecule has 0 unspecified atom stereocenters. The third kappa shape index (κ3) is 2.73. The summed E-state index contributed by atoms with van der Waals surface area (Å²) >= 11 is 0. The van der Waals surface area contributed by atoms with E-state index in [0.29, 0.717) is 22.8 Å². The van der Waals surface area contributed by atoms with Gasteiger partial charge in [0, 0.05) is 23.4 Å². The van der Waals surface area contributed by atoms with Crippen LogP contribution in [-0.2, 0) is 9.84 Å². The third-order valence-electron chi connectivity index (χ3n) is 3.54. The monoisotopic (exact) mass is 329 g/mol. The van der Waals surface area contributed by atoms with Gasteiger partial charge in [-0.15, -0.1) is 0 Å². The molecule has 1 aliphatic heterocycles.